The van der Waals surface area contributed by atoms with Crippen LogP contribution in [0.4, 0.5) is 0 Å². The molecule has 1 aliphatic rings. The van der Waals surface area contributed by atoms with Gasteiger partial charge in [0.15, 0.2) is 6.29 Å². The molecule has 1 aromatic carbocycles. The van der Waals surface area contributed by atoms with Crippen molar-refractivity contribution >= 4 is 18.4 Å². The first-order chi connectivity index (χ1) is 4.92. The van der Waals surface area contributed by atoms with Crippen molar-refractivity contribution in [3.8, 4) is 0 Å². The standard InChI is InChI=1S/C9H6O/c10-6-8-3-1-2-7-4-5-9(7)8/h1-6H. The molecular formula is C9H6O. The van der Waals surface area contributed by atoms with E-state index in [9.17, 15) is 4.79 Å². The Morgan fingerprint density at radius 3 is 2.60 bits per heavy atom. The second-order valence-corrected chi connectivity index (χ2v) is 2.30. The molecule has 0 aliphatic heterocycles. The van der Waals surface area contributed by atoms with Crippen molar-refractivity contribution in [3.63, 3.8) is 0 Å². The lowest BCUT2D eigenvalue weighted by Gasteiger charge is -2.10. The molecule has 0 spiro atoms. The van der Waals surface area contributed by atoms with Gasteiger partial charge in [-0.05, 0) is 11.1 Å². The molecule has 0 atom stereocenters. The Labute approximate surface area is 59.0 Å². The summed E-state index contributed by atoms with van der Waals surface area (Å²) in [5.74, 6) is 0. The van der Waals surface area contributed by atoms with Gasteiger partial charge in [0.25, 0.3) is 0 Å². The van der Waals surface area contributed by atoms with Crippen LogP contribution in [0.15, 0.2) is 18.2 Å². The average molecular weight is 130 g/mol. The van der Waals surface area contributed by atoms with Crippen molar-refractivity contribution in [3.05, 3.63) is 34.9 Å². The molecule has 10 heavy (non-hydrogen) atoms. The minimum Gasteiger partial charge on any atom is -0.298 e. The largest absolute Gasteiger partial charge is 0.298 e. The molecule has 1 nitrogen and oxygen atoms in total. The summed E-state index contributed by atoms with van der Waals surface area (Å²) in [6.45, 7) is 0. The molecule has 0 saturated carbocycles. The van der Waals surface area contributed by atoms with E-state index in [1.807, 2.05) is 30.4 Å². The number of carbonyl (C=O) groups is 1. The van der Waals surface area contributed by atoms with Crippen molar-refractivity contribution < 1.29 is 4.79 Å². The van der Waals surface area contributed by atoms with Gasteiger partial charge >= 0.3 is 0 Å². The van der Waals surface area contributed by atoms with E-state index in [0.29, 0.717) is 0 Å². The fourth-order valence-electron chi connectivity index (χ4n) is 1.12. The van der Waals surface area contributed by atoms with E-state index in [2.05, 4.69) is 0 Å². The summed E-state index contributed by atoms with van der Waals surface area (Å²) in [6, 6.07) is 5.73. The molecule has 0 radical (unpaired) electrons. The number of benzene rings is 1. The van der Waals surface area contributed by atoms with Crippen molar-refractivity contribution in [2.45, 2.75) is 0 Å². The van der Waals surface area contributed by atoms with Gasteiger partial charge in [0, 0.05) is 5.56 Å². The zero-order chi connectivity index (χ0) is 6.97. The van der Waals surface area contributed by atoms with E-state index in [1.165, 1.54) is 5.56 Å². The molecule has 0 amide bonds. The normalized spacial score (nSPS) is 12.0. The predicted molar refractivity (Wildman–Crippen MR) is 40.8 cm³/mol. The molecule has 1 aromatic rings. The maximum Gasteiger partial charge on any atom is 0.150 e. The topological polar surface area (TPSA) is 17.1 Å². The maximum atomic E-state index is 10.4. The summed E-state index contributed by atoms with van der Waals surface area (Å²) >= 11 is 0. The molecular weight excluding hydrogens is 124 g/mol. The summed E-state index contributed by atoms with van der Waals surface area (Å²) in [5.41, 5.74) is 3.04. The van der Waals surface area contributed by atoms with Gasteiger partial charge in [0.1, 0.15) is 0 Å². The molecule has 0 unspecified atom stereocenters. The quantitative estimate of drug-likeness (QED) is 0.539. The molecule has 0 bridgehead atoms. The summed E-state index contributed by atoms with van der Waals surface area (Å²) < 4.78 is 0. The fraction of sp³-hybridized carbons (Fsp3) is 0. The van der Waals surface area contributed by atoms with Crippen LogP contribution in [0.1, 0.15) is 21.5 Å². The number of carbonyl (C=O) groups excluding carboxylic acids is 1. The highest BCUT2D eigenvalue weighted by Gasteiger charge is 2.07. The van der Waals surface area contributed by atoms with Crippen LogP contribution in [0, 0.1) is 0 Å². The molecule has 1 heteroatoms. The van der Waals surface area contributed by atoms with Gasteiger partial charge in [-0.15, -0.1) is 0 Å². The first kappa shape index (κ1) is 5.42. The predicted octanol–water partition coefficient (Wildman–Crippen LogP) is 1.98. The molecule has 0 heterocycles. The zero-order valence-electron chi connectivity index (χ0n) is 5.37. The number of rotatable bonds is 1. The van der Waals surface area contributed by atoms with Gasteiger partial charge in [0.05, 0.1) is 0 Å². The lowest BCUT2D eigenvalue weighted by atomic mass is 9.93. The third-order valence-electron chi connectivity index (χ3n) is 1.73. The monoisotopic (exact) mass is 130 g/mol. The molecule has 48 valence electrons. The van der Waals surface area contributed by atoms with Crippen molar-refractivity contribution in [2.24, 2.45) is 0 Å². The van der Waals surface area contributed by atoms with Crippen LogP contribution < -0.4 is 0 Å². The van der Waals surface area contributed by atoms with E-state index in [-0.39, 0.29) is 0 Å². The van der Waals surface area contributed by atoms with Crippen molar-refractivity contribution in [2.75, 3.05) is 0 Å². The lowest BCUT2D eigenvalue weighted by molar-refractivity contribution is 0.112. The maximum absolute atomic E-state index is 10.4. The van der Waals surface area contributed by atoms with Crippen LogP contribution in [-0.2, 0) is 0 Å². The Morgan fingerprint density at radius 1 is 1.20 bits per heavy atom. The van der Waals surface area contributed by atoms with Gasteiger partial charge in [-0.25, -0.2) is 0 Å². The van der Waals surface area contributed by atoms with E-state index >= 15 is 0 Å². The van der Waals surface area contributed by atoms with Crippen LogP contribution >= 0.6 is 0 Å². The van der Waals surface area contributed by atoms with Crippen LogP contribution in [0.2, 0.25) is 0 Å². The number of aldehydes is 1. The second kappa shape index (κ2) is 1.81. The van der Waals surface area contributed by atoms with Gasteiger partial charge in [-0.3, -0.25) is 4.79 Å². The Kier molecular flexibility index (Phi) is 0.978. The SMILES string of the molecule is O=Cc1cccc2c1C=C2. The summed E-state index contributed by atoms with van der Waals surface area (Å²) in [6.07, 6.45) is 4.85. The number of fused-ring (bicyclic) bond motifs is 1. The lowest BCUT2D eigenvalue weighted by Crippen LogP contribution is -1.94. The van der Waals surface area contributed by atoms with Crippen molar-refractivity contribution in [1.29, 1.82) is 0 Å². The molecule has 0 saturated heterocycles. The van der Waals surface area contributed by atoms with Gasteiger partial charge < -0.3 is 0 Å². The van der Waals surface area contributed by atoms with Crippen molar-refractivity contribution in [1.82, 2.24) is 0 Å². The van der Waals surface area contributed by atoms with Crippen LogP contribution in [0.5, 0.6) is 0 Å². The fourth-order valence-corrected chi connectivity index (χ4v) is 1.12. The molecule has 0 fully saturated rings. The summed E-state index contributed by atoms with van der Waals surface area (Å²) in [7, 11) is 0. The molecule has 1 aliphatic carbocycles. The first-order valence-electron chi connectivity index (χ1n) is 3.18. The third-order valence-corrected chi connectivity index (χ3v) is 1.73. The first-order valence-corrected chi connectivity index (χ1v) is 3.18. The minimum absolute atomic E-state index is 0.792. The molecule has 0 N–H and O–H groups in total. The van der Waals surface area contributed by atoms with Gasteiger partial charge in [-0.1, -0.05) is 30.4 Å². The minimum atomic E-state index is 0.792. The summed E-state index contributed by atoms with van der Waals surface area (Å²) in [5, 5.41) is 0. The Balaban J connectivity index is 2.65. The molecule has 2 rings (SSSR count). The van der Waals surface area contributed by atoms with Crippen LogP contribution in [-0.4, -0.2) is 6.29 Å². The Bertz CT molecular complexity index is 311. The highest BCUT2D eigenvalue weighted by molar-refractivity contribution is 5.94. The highest BCUT2D eigenvalue weighted by Crippen LogP contribution is 2.25. The summed E-state index contributed by atoms with van der Waals surface area (Å²) in [4.78, 5) is 10.4. The number of hydrogen-bond acceptors (Lipinski definition) is 1. The van der Waals surface area contributed by atoms with Crippen LogP contribution in [0.3, 0.4) is 0 Å². The van der Waals surface area contributed by atoms with E-state index in [0.717, 1.165) is 17.4 Å². The van der Waals surface area contributed by atoms with Crippen LogP contribution in [0.25, 0.3) is 12.2 Å². The van der Waals surface area contributed by atoms with E-state index < -0.39 is 0 Å². The zero-order valence-corrected chi connectivity index (χ0v) is 5.37. The Hall–Kier alpha value is -1.37. The Morgan fingerprint density at radius 2 is 2.10 bits per heavy atom. The number of hydrogen-bond donors (Lipinski definition) is 0. The average Bonchev–Trinajstić information content (AvgIpc) is 1.91. The molecule has 0 aromatic heterocycles. The second-order valence-electron chi connectivity index (χ2n) is 2.30. The smallest absolute Gasteiger partial charge is 0.150 e. The highest BCUT2D eigenvalue weighted by atomic mass is 16.1. The van der Waals surface area contributed by atoms with E-state index in [1.54, 1.807) is 0 Å². The van der Waals surface area contributed by atoms with Gasteiger partial charge in [0.2, 0.25) is 0 Å². The van der Waals surface area contributed by atoms with E-state index in [4.69, 9.17) is 0 Å². The third kappa shape index (κ3) is 0.545. The van der Waals surface area contributed by atoms with Gasteiger partial charge in [-0.2, -0.15) is 0 Å².